The van der Waals surface area contributed by atoms with Crippen LogP contribution >= 0.6 is 11.6 Å². The Morgan fingerprint density at radius 2 is 1.82 bits per heavy atom. The highest BCUT2D eigenvalue weighted by atomic mass is 35.5. The fourth-order valence-corrected chi connectivity index (χ4v) is 1.65. The fraction of sp³-hybridized carbons (Fsp3) is 0. The van der Waals surface area contributed by atoms with E-state index >= 15 is 0 Å². The molecule has 0 aliphatic rings. The topological polar surface area (TPSA) is 37.3 Å². The summed E-state index contributed by atoms with van der Waals surface area (Å²) in [5.41, 5.74) is -0.104. The highest BCUT2D eigenvalue weighted by Crippen LogP contribution is 2.24. The number of carbonyl (C=O) groups is 1. The molecule has 0 saturated carbocycles. The van der Waals surface area contributed by atoms with Gasteiger partial charge in [0.25, 0.3) is 0 Å². The van der Waals surface area contributed by atoms with Gasteiger partial charge < -0.3 is 5.11 Å². The molecule has 0 radical (unpaired) electrons. The molecule has 2 rings (SSSR count). The minimum absolute atomic E-state index is 0.0115. The molecule has 0 heterocycles. The Morgan fingerprint density at radius 3 is 2.53 bits per heavy atom. The Kier molecular flexibility index (Phi) is 3.11. The summed E-state index contributed by atoms with van der Waals surface area (Å²) in [6.45, 7) is 0. The largest absolute Gasteiger partial charge is 0.507 e. The normalized spacial score (nSPS) is 10.2. The summed E-state index contributed by atoms with van der Waals surface area (Å²) in [7, 11) is 0. The smallest absolute Gasteiger partial charge is 0.199 e. The van der Waals surface area contributed by atoms with E-state index in [4.69, 9.17) is 11.6 Å². The van der Waals surface area contributed by atoms with Crippen LogP contribution in [0.4, 0.5) is 4.39 Å². The van der Waals surface area contributed by atoms with Gasteiger partial charge in [-0.25, -0.2) is 4.39 Å². The van der Waals surface area contributed by atoms with Crippen molar-refractivity contribution in [1.29, 1.82) is 0 Å². The molecule has 2 aromatic rings. The van der Waals surface area contributed by atoms with Crippen LogP contribution in [-0.4, -0.2) is 10.9 Å². The number of phenols is 1. The quantitative estimate of drug-likeness (QED) is 0.830. The number of benzene rings is 2. The Bertz CT molecular complexity index is 581. The number of halogens is 2. The molecule has 0 bridgehead atoms. The van der Waals surface area contributed by atoms with E-state index in [1.807, 2.05) is 0 Å². The van der Waals surface area contributed by atoms with Crippen LogP contribution in [0.3, 0.4) is 0 Å². The van der Waals surface area contributed by atoms with Crippen molar-refractivity contribution >= 4 is 17.4 Å². The molecule has 2 nitrogen and oxygen atoms in total. The molecule has 0 atom stereocenters. The second-order valence-electron chi connectivity index (χ2n) is 3.47. The molecule has 17 heavy (non-hydrogen) atoms. The molecule has 1 N–H and O–H groups in total. The number of phenolic OH excluding ortho intramolecular Hbond substituents is 1. The van der Waals surface area contributed by atoms with Gasteiger partial charge in [-0.2, -0.15) is 0 Å². The minimum Gasteiger partial charge on any atom is -0.507 e. The summed E-state index contributed by atoms with van der Waals surface area (Å²) < 4.78 is 13.4. The van der Waals surface area contributed by atoms with Gasteiger partial charge in [-0.3, -0.25) is 4.79 Å². The van der Waals surface area contributed by atoms with E-state index in [2.05, 4.69) is 0 Å². The maximum atomic E-state index is 13.4. The van der Waals surface area contributed by atoms with Crippen LogP contribution in [0.5, 0.6) is 5.75 Å². The molecule has 4 heteroatoms. The zero-order valence-corrected chi connectivity index (χ0v) is 9.41. The molecule has 2 aromatic carbocycles. The number of carbonyl (C=O) groups excluding carboxylic acids is 1. The van der Waals surface area contributed by atoms with Crippen molar-refractivity contribution < 1.29 is 14.3 Å². The highest BCUT2D eigenvalue weighted by molar-refractivity contribution is 6.31. The molecule has 0 aliphatic heterocycles. The highest BCUT2D eigenvalue weighted by Gasteiger charge is 2.17. The van der Waals surface area contributed by atoms with Crippen LogP contribution in [0.25, 0.3) is 0 Å². The van der Waals surface area contributed by atoms with Crippen LogP contribution in [0.15, 0.2) is 42.5 Å². The van der Waals surface area contributed by atoms with Gasteiger partial charge in [0.05, 0.1) is 11.1 Å². The van der Waals surface area contributed by atoms with Gasteiger partial charge in [-0.15, -0.1) is 0 Å². The maximum Gasteiger partial charge on any atom is 0.199 e. The summed E-state index contributed by atoms with van der Waals surface area (Å²) in [5.74, 6) is -1.44. The lowest BCUT2D eigenvalue weighted by atomic mass is 10.0. The average Bonchev–Trinajstić information content (AvgIpc) is 2.32. The van der Waals surface area contributed by atoms with E-state index in [0.717, 1.165) is 0 Å². The van der Waals surface area contributed by atoms with Crippen molar-refractivity contribution in [2.45, 2.75) is 0 Å². The van der Waals surface area contributed by atoms with Crippen molar-refractivity contribution in [1.82, 2.24) is 0 Å². The minimum atomic E-state index is -0.628. The van der Waals surface area contributed by atoms with E-state index in [9.17, 15) is 14.3 Å². The first-order valence-electron chi connectivity index (χ1n) is 4.87. The summed E-state index contributed by atoms with van der Waals surface area (Å²) >= 11 is 5.73. The van der Waals surface area contributed by atoms with E-state index in [1.54, 1.807) is 6.07 Å². The standard InChI is InChI=1S/C13H8ClFO2/c14-8-5-6-12(16)10(7-8)13(17)9-3-1-2-4-11(9)15/h1-7,16H. The first kappa shape index (κ1) is 11.6. The third kappa shape index (κ3) is 2.29. The maximum absolute atomic E-state index is 13.4. The predicted octanol–water partition coefficient (Wildman–Crippen LogP) is 3.42. The van der Waals surface area contributed by atoms with Gasteiger partial charge in [0.1, 0.15) is 11.6 Å². The van der Waals surface area contributed by atoms with Crippen molar-refractivity contribution in [3.63, 3.8) is 0 Å². The fourth-order valence-electron chi connectivity index (χ4n) is 1.48. The van der Waals surface area contributed by atoms with Gasteiger partial charge in [0.15, 0.2) is 5.78 Å². The van der Waals surface area contributed by atoms with Crippen molar-refractivity contribution in [2.75, 3.05) is 0 Å². The molecular formula is C13H8ClFO2. The van der Waals surface area contributed by atoms with Gasteiger partial charge >= 0.3 is 0 Å². The molecule has 0 spiro atoms. The molecule has 0 amide bonds. The Labute approximate surface area is 102 Å². The molecule has 0 aliphatic carbocycles. The molecule has 86 valence electrons. The van der Waals surface area contributed by atoms with E-state index in [1.165, 1.54) is 36.4 Å². The van der Waals surface area contributed by atoms with Crippen LogP contribution in [0.1, 0.15) is 15.9 Å². The van der Waals surface area contributed by atoms with Gasteiger partial charge in [0, 0.05) is 5.02 Å². The van der Waals surface area contributed by atoms with Crippen LogP contribution in [0, 0.1) is 5.82 Å². The third-order valence-electron chi connectivity index (χ3n) is 2.32. The lowest BCUT2D eigenvalue weighted by Gasteiger charge is -2.05. The van der Waals surface area contributed by atoms with Crippen molar-refractivity contribution in [3.8, 4) is 5.75 Å². The SMILES string of the molecule is O=C(c1cc(Cl)ccc1O)c1ccccc1F. The zero-order chi connectivity index (χ0) is 12.4. The number of ketones is 1. The molecule has 0 saturated heterocycles. The summed E-state index contributed by atoms with van der Waals surface area (Å²) in [6, 6.07) is 9.66. The van der Waals surface area contributed by atoms with Crippen LogP contribution < -0.4 is 0 Å². The van der Waals surface area contributed by atoms with Crippen LogP contribution in [-0.2, 0) is 0 Å². The van der Waals surface area contributed by atoms with E-state index in [0.29, 0.717) is 5.02 Å². The number of aromatic hydroxyl groups is 1. The molecule has 0 aromatic heterocycles. The van der Waals surface area contributed by atoms with Gasteiger partial charge in [0.2, 0.25) is 0 Å². The molecule has 0 fully saturated rings. The first-order chi connectivity index (χ1) is 8.09. The van der Waals surface area contributed by atoms with E-state index in [-0.39, 0.29) is 16.9 Å². The number of rotatable bonds is 2. The Morgan fingerprint density at radius 1 is 1.12 bits per heavy atom. The molecular weight excluding hydrogens is 243 g/mol. The average molecular weight is 251 g/mol. The van der Waals surface area contributed by atoms with Crippen LogP contribution in [0.2, 0.25) is 5.02 Å². The van der Waals surface area contributed by atoms with Gasteiger partial charge in [-0.1, -0.05) is 23.7 Å². The molecule has 0 unspecified atom stereocenters. The van der Waals surface area contributed by atoms with Gasteiger partial charge in [-0.05, 0) is 30.3 Å². The Balaban J connectivity index is 2.51. The second-order valence-corrected chi connectivity index (χ2v) is 3.91. The van der Waals surface area contributed by atoms with Crippen molar-refractivity contribution in [2.24, 2.45) is 0 Å². The van der Waals surface area contributed by atoms with Crippen molar-refractivity contribution in [3.05, 3.63) is 64.4 Å². The zero-order valence-electron chi connectivity index (χ0n) is 8.65. The number of hydrogen-bond acceptors (Lipinski definition) is 2. The second kappa shape index (κ2) is 4.55. The predicted molar refractivity (Wildman–Crippen MR) is 62.9 cm³/mol. The summed E-state index contributed by atoms with van der Waals surface area (Å²) in [4.78, 5) is 12.0. The number of hydrogen-bond donors (Lipinski definition) is 1. The Hall–Kier alpha value is -1.87. The lowest BCUT2D eigenvalue weighted by molar-refractivity contribution is 0.103. The van der Waals surface area contributed by atoms with E-state index < -0.39 is 11.6 Å². The third-order valence-corrected chi connectivity index (χ3v) is 2.56. The lowest BCUT2D eigenvalue weighted by Crippen LogP contribution is -2.04. The first-order valence-corrected chi connectivity index (χ1v) is 5.25. The summed E-state index contributed by atoms with van der Waals surface area (Å²) in [6.07, 6.45) is 0. The summed E-state index contributed by atoms with van der Waals surface area (Å²) in [5, 5.41) is 9.86. The monoisotopic (exact) mass is 250 g/mol.